The van der Waals surface area contributed by atoms with E-state index in [0.29, 0.717) is 18.9 Å². The van der Waals surface area contributed by atoms with Crippen molar-refractivity contribution in [2.75, 3.05) is 18.5 Å². The molecule has 1 saturated carbocycles. The van der Waals surface area contributed by atoms with Crippen molar-refractivity contribution in [3.63, 3.8) is 0 Å². The Morgan fingerprint density at radius 3 is 2.61 bits per heavy atom. The Balaban J connectivity index is 1.58. The maximum absolute atomic E-state index is 12.5. The van der Waals surface area contributed by atoms with E-state index in [1.165, 1.54) is 0 Å². The van der Waals surface area contributed by atoms with Crippen molar-refractivity contribution in [3.8, 4) is 5.75 Å². The molecule has 1 atom stereocenters. The van der Waals surface area contributed by atoms with Crippen LogP contribution in [0.2, 0.25) is 0 Å². The lowest BCUT2D eigenvalue weighted by Crippen LogP contribution is -2.48. The third-order valence-electron chi connectivity index (χ3n) is 4.83. The van der Waals surface area contributed by atoms with Crippen LogP contribution in [0.15, 0.2) is 22.7 Å². The second-order valence-electron chi connectivity index (χ2n) is 8.54. The predicted octanol–water partition coefficient (Wildman–Crippen LogP) is 4.97. The van der Waals surface area contributed by atoms with Crippen molar-refractivity contribution < 1.29 is 19.1 Å². The minimum Gasteiger partial charge on any atom is -0.490 e. The summed E-state index contributed by atoms with van der Waals surface area (Å²) in [6.45, 7) is 6.73. The number of ether oxygens (including phenoxy) is 2. The van der Waals surface area contributed by atoms with Gasteiger partial charge in [0.2, 0.25) is 5.91 Å². The molecular weight excluding hydrogens is 424 g/mol. The van der Waals surface area contributed by atoms with Gasteiger partial charge in [-0.3, -0.25) is 4.79 Å². The molecule has 1 aromatic rings. The second-order valence-corrected chi connectivity index (χ2v) is 9.40. The van der Waals surface area contributed by atoms with Crippen LogP contribution in [0.1, 0.15) is 52.9 Å². The summed E-state index contributed by atoms with van der Waals surface area (Å²) in [4.78, 5) is 26.2. The van der Waals surface area contributed by atoms with E-state index in [0.717, 1.165) is 42.3 Å². The maximum Gasteiger partial charge on any atom is 0.410 e. The number of likely N-dealkylation sites (tertiary alicyclic amines) is 1. The maximum atomic E-state index is 12.5. The molecule has 1 saturated heterocycles. The van der Waals surface area contributed by atoms with Crippen LogP contribution in [0.4, 0.5) is 10.5 Å². The number of piperidine rings is 1. The average molecular weight is 453 g/mol. The summed E-state index contributed by atoms with van der Waals surface area (Å²) in [7, 11) is 0. The third-order valence-corrected chi connectivity index (χ3v) is 5.45. The minimum atomic E-state index is -0.510. The van der Waals surface area contributed by atoms with Crippen LogP contribution in [-0.4, -0.2) is 41.7 Å². The number of nitrogens with zero attached hydrogens (tertiary/aromatic N) is 1. The van der Waals surface area contributed by atoms with Crippen molar-refractivity contribution in [2.24, 2.45) is 5.92 Å². The highest BCUT2D eigenvalue weighted by Gasteiger charge is 2.31. The van der Waals surface area contributed by atoms with Gasteiger partial charge >= 0.3 is 6.09 Å². The van der Waals surface area contributed by atoms with Gasteiger partial charge in [-0.2, -0.15) is 0 Å². The number of nitrogens with one attached hydrogen (secondary N) is 1. The smallest absolute Gasteiger partial charge is 0.410 e. The van der Waals surface area contributed by atoms with Gasteiger partial charge in [-0.15, -0.1) is 0 Å². The predicted molar refractivity (Wildman–Crippen MR) is 112 cm³/mol. The summed E-state index contributed by atoms with van der Waals surface area (Å²) in [5.74, 6) is 0.940. The summed E-state index contributed by atoms with van der Waals surface area (Å²) in [6, 6.07) is 5.52. The van der Waals surface area contributed by atoms with Gasteiger partial charge < -0.3 is 19.7 Å². The van der Waals surface area contributed by atoms with Crippen molar-refractivity contribution in [2.45, 2.75) is 64.5 Å². The first kappa shape index (κ1) is 21.0. The van der Waals surface area contributed by atoms with Gasteiger partial charge in [0.25, 0.3) is 0 Å². The molecule has 28 heavy (non-hydrogen) atoms. The van der Waals surface area contributed by atoms with Crippen LogP contribution in [-0.2, 0) is 9.53 Å². The van der Waals surface area contributed by atoms with E-state index in [4.69, 9.17) is 9.47 Å². The molecule has 2 fully saturated rings. The van der Waals surface area contributed by atoms with Crippen molar-refractivity contribution in [3.05, 3.63) is 22.7 Å². The van der Waals surface area contributed by atoms with E-state index in [1.807, 2.05) is 39.0 Å². The molecule has 1 N–H and O–H groups in total. The Hall–Kier alpha value is -1.76. The number of halogens is 1. The summed E-state index contributed by atoms with van der Waals surface area (Å²) < 4.78 is 12.3. The first-order valence-electron chi connectivity index (χ1n) is 9.96. The van der Waals surface area contributed by atoms with Crippen LogP contribution in [0, 0.1) is 5.92 Å². The Morgan fingerprint density at radius 1 is 1.21 bits per heavy atom. The average Bonchev–Trinajstić information content (AvgIpc) is 3.45. The first-order valence-corrected chi connectivity index (χ1v) is 10.7. The Morgan fingerprint density at radius 2 is 1.96 bits per heavy atom. The lowest BCUT2D eigenvalue weighted by Gasteiger charge is -2.36. The molecule has 6 nitrogen and oxygen atoms in total. The quantitative estimate of drug-likeness (QED) is 0.684. The normalized spacial score (nSPS) is 19.9. The number of hydrogen-bond acceptors (Lipinski definition) is 4. The van der Waals surface area contributed by atoms with E-state index in [-0.39, 0.29) is 24.0 Å². The molecule has 1 aliphatic carbocycles. The molecule has 1 aromatic carbocycles. The van der Waals surface area contributed by atoms with Gasteiger partial charge in [-0.25, -0.2) is 4.79 Å². The topological polar surface area (TPSA) is 67.9 Å². The molecule has 2 aliphatic rings. The van der Waals surface area contributed by atoms with Gasteiger partial charge in [0.15, 0.2) is 0 Å². The van der Waals surface area contributed by atoms with E-state index >= 15 is 0 Å². The van der Waals surface area contributed by atoms with E-state index in [9.17, 15) is 9.59 Å². The van der Waals surface area contributed by atoms with Gasteiger partial charge in [0.1, 0.15) is 18.0 Å². The van der Waals surface area contributed by atoms with Gasteiger partial charge in [0.05, 0.1) is 10.5 Å². The Bertz CT molecular complexity index is 728. The lowest BCUT2D eigenvalue weighted by atomic mass is 10.0. The molecular formula is C21H29BrN2O4. The number of rotatable bonds is 5. The second kappa shape index (κ2) is 8.72. The number of amides is 2. The van der Waals surface area contributed by atoms with Crippen LogP contribution in [0.25, 0.3) is 0 Å². The van der Waals surface area contributed by atoms with Crippen molar-refractivity contribution in [1.29, 1.82) is 0 Å². The first-order chi connectivity index (χ1) is 13.2. The zero-order valence-electron chi connectivity index (χ0n) is 16.8. The van der Waals surface area contributed by atoms with E-state index in [1.54, 1.807) is 4.90 Å². The highest BCUT2D eigenvalue weighted by Crippen LogP contribution is 2.33. The summed E-state index contributed by atoms with van der Waals surface area (Å²) in [5.41, 5.74) is 0.244. The monoisotopic (exact) mass is 452 g/mol. The molecule has 0 spiro atoms. The van der Waals surface area contributed by atoms with Crippen molar-refractivity contribution >= 4 is 33.6 Å². The molecule has 154 valence electrons. The fourth-order valence-corrected chi connectivity index (χ4v) is 3.70. The van der Waals surface area contributed by atoms with Gasteiger partial charge in [-0.05, 0) is 87.0 Å². The minimum absolute atomic E-state index is 0.00949. The van der Waals surface area contributed by atoms with Gasteiger partial charge in [0, 0.05) is 18.2 Å². The van der Waals surface area contributed by atoms with Crippen LogP contribution in [0.3, 0.4) is 0 Å². The summed E-state index contributed by atoms with van der Waals surface area (Å²) >= 11 is 3.52. The van der Waals surface area contributed by atoms with Gasteiger partial charge in [-0.1, -0.05) is 0 Å². The van der Waals surface area contributed by atoms with E-state index < -0.39 is 5.60 Å². The molecule has 1 heterocycles. The fraction of sp³-hybridized carbons (Fsp3) is 0.619. The molecule has 3 rings (SSSR count). The Labute approximate surface area is 175 Å². The third kappa shape index (κ3) is 5.87. The highest BCUT2D eigenvalue weighted by atomic mass is 79.9. The van der Waals surface area contributed by atoms with E-state index in [2.05, 4.69) is 21.2 Å². The molecule has 0 unspecified atom stereocenters. The number of benzene rings is 1. The Kier molecular flexibility index (Phi) is 6.53. The standard InChI is InChI=1S/C21H29BrN2O4/c1-21(2,3)28-20(26)24-11-5-4-6-16(24)13-27-18-10-9-15(12-17(18)22)23-19(25)14-7-8-14/h9-10,12,14,16H,4-8,11,13H2,1-3H3,(H,23,25)/t16-/m1/s1. The highest BCUT2D eigenvalue weighted by molar-refractivity contribution is 9.10. The van der Waals surface area contributed by atoms with Crippen molar-refractivity contribution in [1.82, 2.24) is 4.90 Å². The zero-order chi connectivity index (χ0) is 20.3. The SMILES string of the molecule is CC(C)(C)OC(=O)N1CCCC[C@@H]1COc1ccc(NC(=O)C2CC2)cc1Br. The number of carbonyl (C=O) groups excluding carboxylic acids is 2. The molecule has 1 aliphatic heterocycles. The van der Waals surface area contributed by atoms with Crippen LogP contribution >= 0.6 is 15.9 Å². The molecule has 0 aromatic heterocycles. The number of anilines is 1. The molecule has 2 amide bonds. The number of hydrogen-bond donors (Lipinski definition) is 1. The summed E-state index contributed by atoms with van der Waals surface area (Å²) in [6.07, 6.45) is 4.62. The number of carbonyl (C=O) groups is 2. The zero-order valence-corrected chi connectivity index (χ0v) is 18.4. The molecule has 0 radical (unpaired) electrons. The lowest BCUT2D eigenvalue weighted by molar-refractivity contribution is -0.117. The molecule has 0 bridgehead atoms. The van der Waals surface area contributed by atoms with Crippen LogP contribution < -0.4 is 10.1 Å². The fourth-order valence-electron chi connectivity index (χ4n) is 3.21. The summed E-state index contributed by atoms with van der Waals surface area (Å²) in [5, 5.41) is 2.93. The van der Waals surface area contributed by atoms with Crippen LogP contribution in [0.5, 0.6) is 5.75 Å². The largest absolute Gasteiger partial charge is 0.490 e. The molecule has 7 heteroatoms.